The maximum Gasteiger partial charge on any atom is 0.0658 e. The molecule has 0 unspecified atom stereocenters. The third-order valence-electron chi connectivity index (χ3n) is 2.98. The van der Waals surface area contributed by atoms with E-state index in [4.69, 9.17) is 28.4 Å². The third-order valence-corrected chi connectivity index (χ3v) is 3.49. The molecule has 0 aromatic heterocycles. The molecule has 0 aliphatic carbocycles. The Morgan fingerprint density at radius 3 is 1.58 bits per heavy atom. The van der Waals surface area contributed by atoms with Crippen molar-refractivity contribution in [3.63, 3.8) is 0 Å². The Morgan fingerprint density at radius 1 is 0.895 bits per heavy atom. The van der Waals surface area contributed by atoms with E-state index in [2.05, 4.69) is 5.16 Å². The molecule has 0 saturated carbocycles. The number of nitrogens with zero attached hydrogens (tertiary/aromatic N) is 1. The molecule has 1 N–H and O–H groups in total. The van der Waals surface area contributed by atoms with Gasteiger partial charge in [-0.2, -0.15) is 0 Å². The highest BCUT2D eigenvalue weighted by molar-refractivity contribution is 6.30. The second kappa shape index (κ2) is 6.09. The van der Waals surface area contributed by atoms with Crippen molar-refractivity contribution in [2.45, 2.75) is 12.8 Å². The third kappa shape index (κ3) is 3.28. The molecule has 0 aliphatic rings. The summed E-state index contributed by atoms with van der Waals surface area (Å²) in [6, 6.07) is 15.0. The predicted molar refractivity (Wildman–Crippen MR) is 79.6 cm³/mol. The van der Waals surface area contributed by atoms with Crippen molar-refractivity contribution in [3.05, 3.63) is 69.7 Å². The Balaban J connectivity index is 2.47. The van der Waals surface area contributed by atoms with Gasteiger partial charge in [-0.05, 0) is 42.3 Å². The van der Waals surface area contributed by atoms with Gasteiger partial charge >= 0.3 is 0 Å². The molecule has 0 fully saturated rings. The van der Waals surface area contributed by atoms with E-state index >= 15 is 0 Å². The van der Waals surface area contributed by atoms with Crippen LogP contribution in [-0.2, 0) is 0 Å². The van der Waals surface area contributed by atoms with Crippen LogP contribution in [0.25, 0.3) is 0 Å². The van der Waals surface area contributed by atoms with E-state index in [9.17, 15) is 0 Å². The average molecular weight is 294 g/mol. The molecule has 4 heteroatoms. The van der Waals surface area contributed by atoms with Crippen LogP contribution in [0.4, 0.5) is 0 Å². The summed E-state index contributed by atoms with van der Waals surface area (Å²) in [5.41, 5.74) is 2.65. The molecular weight excluding hydrogens is 281 g/mol. The van der Waals surface area contributed by atoms with E-state index in [1.807, 2.05) is 48.5 Å². The van der Waals surface area contributed by atoms with Crippen LogP contribution in [0, 0.1) is 0 Å². The van der Waals surface area contributed by atoms with Gasteiger partial charge in [-0.3, -0.25) is 0 Å². The zero-order valence-electron chi connectivity index (χ0n) is 10.3. The quantitative estimate of drug-likeness (QED) is 0.483. The summed E-state index contributed by atoms with van der Waals surface area (Å²) < 4.78 is 0. The van der Waals surface area contributed by atoms with Crippen LogP contribution in [0.2, 0.25) is 10.0 Å². The summed E-state index contributed by atoms with van der Waals surface area (Å²) in [5.74, 6) is -0.112. The van der Waals surface area contributed by atoms with Crippen LogP contribution < -0.4 is 0 Å². The van der Waals surface area contributed by atoms with Crippen LogP contribution in [-0.4, -0.2) is 10.9 Å². The van der Waals surface area contributed by atoms with Gasteiger partial charge in [0, 0.05) is 10.0 Å². The van der Waals surface area contributed by atoms with Crippen molar-refractivity contribution in [1.29, 1.82) is 0 Å². The van der Waals surface area contributed by atoms with Gasteiger partial charge in [0.2, 0.25) is 0 Å². The normalized spacial score (nSPS) is 11.9. The highest BCUT2D eigenvalue weighted by Crippen LogP contribution is 2.28. The van der Waals surface area contributed by atoms with Crippen molar-refractivity contribution in [1.82, 2.24) is 0 Å². The fourth-order valence-corrected chi connectivity index (χ4v) is 2.30. The van der Waals surface area contributed by atoms with Gasteiger partial charge in [0.25, 0.3) is 0 Å². The van der Waals surface area contributed by atoms with Gasteiger partial charge in [0.15, 0.2) is 0 Å². The van der Waals surface area contributed by atoms with E-state index in [0.717, 1.165) is 11.1 Å². The number of rotatable bonds is 3. The first-order valence-corrected chi connectivity index (χ1v) is 6.57. The van der Waals surface area contributed by atoms with Gasteiger partial charge in [0.1, 0.15) is 0 Å². The van der Waals surface area contributed by atoms with Gasteiger partial charge in [0.05, 0.1) is 11.6 Å². The summed E-state index contributed by atoms with van der Waals surface area (Å²) in [6.07, 6.45) is 0. The van der Waals surface area contributed by atoms with Gasteiger partial charge in [-0.15, -0.1) is 0 Å². The zero-order chi connectivity index (χ0) is 13.8. The lowest BCUT2D eigenvalue weighted by molar-refractivity contribution is 0.317. The van der Waals surface area contributed by atoms with Crippen LogP contribution in [0.5, 0.6) is 0 Å². The molecule has 2 aromatic rings. The number of oxime groups is 1. The Morgan fingerprint density at radius 2 is 1.26 bits per heavy atom. The number of halogens is 2. The largest absolute Gasteiger partial charge is 0.411 e. The maximum atomic E-state index is 9.07. The monoisotopic (exact) mass is 293 g/mol. The van der Waals surface area contributed by atoms with Gasteiger partial charge < -0.3 is 5.21 Å². The first-order valence-electron chi connectivity index (χ1n) is 5.81. The molecule has 2 aromatic carbocycles. The standard InChI is InChI=1S/C15H13Cl2NO/c1-10(18-19)15(11-2-6-13(16)7-3-11)12-4-8-14(17)9-5-12/h2-9,15,19H,1H3/b18-10-. The van der Waals surface area contributed by atoms with E-state index in [-0.39, 0.29) is 5.92 Å². The van der Waals surface area contributed by atoms with Crippen molar-refractivity contribution in [2.75, 3.05) is 0 Å². The van der Waals surface area contributed by atoms with E-state index in [1.165, 1.54) is 0 Å². The van der Waals surface area contributed by atoms with Crippen LogP contribution in [0.15, 0.2) is 53.7 Å². The van der Waals surface area contributed by atoms with Crippen molar-refractivity contribution in [2.24, 2.45) is 5.16 Å². The molecule has 2 nitrogen and oxygen atoms in total. The Labute approximate surface area is 122 Å². The Bertz CT molecular complexity index is 531. The molecule has 19 heavy (non-hydrogen) atoms. The van der Waals surface area contributed by atoms with Crippen LogP contribution in [0.3, 0.4) is 0 Å². The smallest absolute Gasteiger partial charge is 0.0658 e. The second-order valence-corrected chi connectivity index (χ2v) is 5.15. The lowest BCUT2D eigenvalue weighted by Gasteiger charge is -2.17. The lowest BCUT2D eigenvalue weighted by Crippen LogP contribution is -2.11. The minimum Gasteiger partial charge on any atom is -0.411 e. The first-order chi connectivity index (χ1) is 9.11. The van der Waals surface area contributed by atoms with E-state index in [1.54, 1.807) is 6.92 Å². The fourth-order valence-electron chi connectivity index (χ4n) is 2.04. The first kappa shape index (κ1) is 13.9. The minimum atomic E-state index is -0.112. The molecular formula is C15H13Cl2NO. The highest BCUT2D eigenvalue weighted by atomic mass is 35.5. The van der Waals surface area contributed by atoms with Gasteiger partial charge in [-0.1, -0.05) is 52.6 Å². The fraction of sp³-hybridized carbons (Fsp3) is 0.133. The summed E-state index contributed by atoms with van der Waals surface area (Å²) in [5, 5.41) is 13.8. The van der Waals surface area contributed by atoms with E-state index in [0.29, 0.717) is 15.8 Å². The molecule has 0 heterocycles. The van der Waals surface area contributed by atoms with Gasteiger partial charge in [-0.25, -0.2) is 0 Å². The molecule has 0 aliphatic heterocycles. The van der Waals surface area contributed by atoms with Crippen LogP contribution >= 0.6 is 23.2 Å². The average Bonchev–Trinajstić information content (AvgIpc) is 2.43. The van der Waals surface area contributed by atoms with Crippen molar-refractivity contribution in [3.8, 4) is 0 Å². The van der Waals surface area contributed by atoms with Crippen molar-refractivity contribution < 1.29 is 5.21 Å². The van der Waals surface area contributed by atoms with E-state index < -0.39 is 0 Å². The molecule has 0 amide bonds. The number of hydrogen-bond acceptors (Lipinski definition) is 2. The molecule has 0 radical (unpaired) electrons. The Kier molecular flexibility index (Phi) is 4.46. The summed E-state index contributed by atoms with van der Waals surface area (Å²) in [4.78, 5) is 0. The summed E-state index contributed by atoms with van der Waals surface area (Å²) >= 11 is 11.8. The molecule has 0 spiro atoms. The van der Waals surface area contributed by atoms with Crippen molar-refractivity contribution >= 4 is 28.9 Å². The molecule has 2 rings (SSSR count). The lowest BCUT2D eigenvalue weighted by atomic mass is 9.88. The Hall–Kier alpha value is -1.51. The highest BCUT2D eigenvalue weighted by Gasteiger charge is 2.18. The summed E-state index contributed by atoms with van der Waals surface area (Å²) in [7, 11) is 0. The second-order valence-electron chi connectivity index (χ2n) is 4.28. The minimum absolute atomic E-state index is 0.112. The number of benzene rings is 2. The molecule has 0 saturated heterocycles. The zero-order valence-corrected chi connectivity index (χ0v) is 11.9. The molecule has 0 atom stereocenters. The SMILES string of the molecule is C/C(=N/O)C(c1ccc(Cl)cc1)c1ccc(Cl)cc1. The molecule has 98 valence electrons. The van der Waals surface area contributed by atoms with Crippen LogP contribution in [0.1, 0.15) is 24.0 Å². The summed E-state index contributed by atoms with van der Waals surface area (Å²) in [6.45, 7) is 1.79. The topological polar surface area (TPSA) is 32.6 Å². The maximum absolute atomic E-state index is 9.07. The predicted octanol–water partition coefficient (Wildman–Crippen LogP) is 4.98. The molecule has 0 bridgehead atoms. The number of hydrogen-bond donors (Lipinski definition) is 1.